The highest BCUT2D eigenvalue weighted by molar-refractivity contribution is 7.12. The molecule has 0 bridgehead atoms. The minimum Gasteiger partial charge on any atom is -0.337 e. The molecule has 0 spiro atoms. The molecule has 2 aromatic rings. The fraction of sp³-hybridized carbons (Fsp3) is 0.450. The van der Waals surface area contributed by atoms with E-state index < -0.39 is 0 Å². The summed E-state index contributed by atoms with van der Waals surface area (Å²) in [7, 11) is 0. The number of rotatable bonds is 4. The number of carbonyl (C=O) groups is 1. The van der Waals surface area contributed by atoms with Crippen molar-refractivity contribution in [3.05, 3.63) is 58.0 Å². The molecule has 0 radical (unpaired) electrons. The van der Waals surface area contributed by atoms with Crippen LogP contribution in [0.5, 0.6) is 0 Å². The van der Waals surface area contributed by atoms with Crippen LogP contribution in [-0.2, 0) is 0 Å². The van der Waals surface area contributed by atoms with E-state index in [1.165, 1.54) is 36.3 Å². The maximum absolute atomic E-state index is 13.3. The fourth-order valence-corrected chi connectivity index (χ4v) is 4.85. The van der Waals surface area contributed by atoms with Gasteiger partial charge in [0, 0.05) is 25.6 Å². The van der Waals surface area contributed by atoms with Gasteiger partial charge in [0.15, 0.2) is 0 Å². The SMILES string of the molecule is O=C(c1cccs1)N1CC(CN2CCCC2)C(c2ccc(F)cc2)C1. The predicted octanol–water partition coefficient (Wildman–Crippen LogP) is 3.84. The molecule has 2 atom stereocenters. The highest BCUT2D eigenvalue weighted by atomic mass is 32.1. The molecule has 0 N–H and O–H groups in total. The van der Waals surface area contributed by atoms with Crippen LogP contribution in [0, 0.1) is 11.7 Å². The van der Waals surface area contributed by atoms with Gasteiger partial charge in [-0.15, -0.1) is 11.3 Å². The summed E-state index contributed by atoms with van der Waals surface area (Å²) in [5, 5.41) is 1.95. The van der Waals surface area contributed by atoms with Crippen molar-refractivity contribution in [3.8, 4) is 0 Å². The second-order valence-electron chi connectivity index (χ2n) is 7.11. The zero-order valence-corrected chi connectivity index (χ0v) is 15.1. The van der Waals surface area contributed by atoms with E-state index >= 15 is 0 Å². The number of hydrogen-bond donors (Lipinski definition) is 0. The largest absolute Gasteiger partial charge is 0.337 e. The van der Waals surface area contributed by atoms with Crippen LogP contribution < -0.4 is 0 Å². The van der Waals surface area contributed by atoms with E-state index in [-0.39, 0.29) is 17.6 Å². The molecular weight excluding hydrogens is 335 g/mol. The average Bonchev–Trinajstić information content (AvgIpc) is 3.37. The molecule has 1 aromatic heterocycles. The van der Waals surface area contributed by atoms with Crippen LogP contribution in [-0.4, -0.2) is 48.4 Å². The third-order valence-corrected chi connectivity index (χ3v) is 6.31. The first kappa shape index (κ1) is 16.7. The number of likely N-dealkylation sites (tertiary alicyclic amines) is 2. The topological polar surface area (TPSA) is 23.6 Å². The minimum absolute atomic E-state index is 0.131. The van der Waals surface area contributed by atoms with Crippen molar-refractivity contribution >= 4 is 17.2 Å². The van der Waals surface area contributed by atoms with E-state index in [0.29, 0.717) is 5.92 Å². The van der Waals surface area contributed by atoms with Crippen LogP contribution >= 0.6 is 11.3 Å². The lowest BCUT2D eigenvalue weighted by atomic mass is 9.88. The zero-order valence-electron chi connectivity index (χ0n) is 14.2. The average molecular weight is 358 g/mol. The molecule has 2 aliphatic heterocycles. The summed E-state index contributed by atoms with van der Waals surface area (Å²) in [6.07, 6.45) is 2.54. The minimum atomic E-state index is -0.204. The number of carbonyl (C=O) groups excluding carboxylic acids is 1. The van der Waals surface area contributed by atoms with E-state index in [0.717, 1.165) is 43.2 Å². The maximum Gasteiger partial charge on any atom is 0.263 e. The van der Waals surface area contributed by atoms with Crippen LogP contribution in [0.3, 0.4) is 0 Å². The van der Waals surface area contributed by atoms with Crippen LogP contribution in [0.2, 0.25) is 0 Å². The van der Waals surface area contributed by atoms with Crippen molar-refractivity contribution in [2.75, 3.05) is 32.7 Å². The molecule has 0 aliphatic carbocycles. The third kappa shape index (κ3) is 3.62. The summed E-state index contributed by atoms with van der Waals surface area (Å²) in [6, 6.07) is 10.7. The highest BCUT2D eigenvalue weighted by Gasteiger charge is 2.37. The lowest BCUT2D eigenvalue weighted by molar-refractivity contribution is 0.0788. The van der Waals surface area contributed by atoms with E-state index in [1.807, 2.05) is 34.5 Å². The first-order valence-electron chi connectivity index (χ1n) is 9.01. The molecule has 1 aromatic carbocycles. The Kier molecular flexibility index (Phi) is 4.86. The quantitative estimate of drug-likeness (QED) is 0.829. The highest BCUT2D eigenvalue weighted by Crippen LogP contribution is 2.35. The Labute approximate surface area is 152 Å². The Bertz CT molecular complexity index is 710. The summed E-state index contributed by atoms with van der Waals surface area (Å²) < 4.78 is 13.3. The van der Waals surface area contributed by atoms with Gasteiger partial charge in [-0.2, -0.15) is 0 Å². The summed E-state index contributed by atoms with van der Waals surface area (Å²) in [5.41, 5.74) is 1.15. The number of hydrogen-bond acceptors (Lipinski definition) is 3. The van der Waals surface area contributed by atoms with Gasteiger partial charge in [0.2, 0.25) is 0 Å². The van der Waals surface area contributed by atoms with Crippen molar-refractivity contribution in [2.45, 2.75) is 18.8 Å². The summed E-state index contributed by atoms with van der Waals surface area (Å²) in [4.78, 5) is 18.1. The molecule has 25 heavy (non-hydrogen) atoms. The van der Waals surface area contributed by atoms with Crippen molar-refractivity contribution in [1.29, 1.82) is 0 Å². The first-order chi connectivity index (χ1) is 12.2. The normalized spacial score (nSPS) is 24.1. The molecule has 2 fully saturated rings. The van der Waals surface area contributed by atoms with Gasteiger partial charge in [-0.3, -0.25) is 4.79 Å². The van der Waals surface area contributed by atoms with Crippen LogP contribution in [0.1, 0.15) is 34.0 Å². The van der Waals surface area contributed by atoms with Gasteiger partial charge in [-0.25, -0.2) is 4.39 Å². The molecule has 0 saturated carbocycles. The van der Waals surface area contributed by atoms with Crippen molar-refractivity contribution in [3.63, 3.8) is 0 Å². The van der Waals surface area contributed by atoms with Crippen molar-refractivity contribution in [1.82, 2.24) is 9.80 Å². The predicted molar refractivity (Wildman–Crippen MR) is 98.5 cm³/mol. The second kappa shape index (κ2) is 7.26. The third-order valence-electron chi connectivity index (χ3n) is 5.45. The molecule has 1 amide bonds. The molecule has 3 nitrogen and oxygen atoms in total. The van der Waals surface area contributed by atoms with Gasteiger partial charge >= 0.3 is 0 Å². The Morgan fingerprint density at radius 3 is 2.56 bits per heavy atom. The number of nitrogens with zero attached hydrogens (tertiary/aromatic N) is 2. The van der Waals surface area contributed by atoms with E-state index in [1.54, 1.807) is 0 Å². The Hall–Kier alpha value is -1.72. The molecular formula is C20H23FN2OS. The van der Waals surface area contributed by atoms with E-state index in [2.05, 4.69) is 4.90 Å². The molecule has 2 saturated heterocycles. The smallest absolute Gasteiger partial charge is 0.263 e. The number of halogens is 1. The van der Waals surface area contributed by atoms with Gasteiger partial charge in [0.05, 0.1) is 4.88 Å². The van der Waals surface area contributed by atoms with Crippen LogP contribution in [0.25, 0.3) is 0 Å². The lowest BCUT2D eigenvalue weighted by Gasteiger charge is -2.24. The van der Waals surface area contributed by atoms with Gasteiger partial charge in [0.25, 0.3) is 5.91 Å². The summed E-state index contributed by atoms with van der Waals surface area (Å²) in [5.74, 6) is 0.618. The standard InChI is InChI=1S/C20H23FN2OS/c21-17-7-5-15(6-8-17)18-14-23(20(24)19-4-3-11-25-19)13-16(18)12-22-9-1-2-10-22/h3-8,11,16,18H,1-2,9-10,12-14H2. The van der Waals surface area contributed by atoms with E-state index in [9.17, 15) is 9.18 Å². The molecule has 2 unspecified atom stereocenters. The van der Waals surface area contributed by atoms with Gasteiger partial charge in [0.1, 0.15) is 5.82 Å². The lowest BCUT2D eigenvalue weighted by Crippen LogP contribution is -2.32. The fourth-order valence-electron chi connectivity index (χ4n) is 4.16. The van der Waals surface area contributed by atoms with E-state index in [4.69, 9.17) is 0 Å². The maximum atomic E-state index is 13.3. The molecule has 132 valence electrons. The Morgan fingerprint density at radius 1 is 1.12 bits per heavy atom. The number of benzene rings is 1. The summed E-state index contributed by atoms with van der Waals surface area (Å²) in [6.45, 7) is 4.85. The van der Waals surface area contributed by atoms with Crippen molar-refractivity contribution in [2.24, 2.45) is 5.92 Å². The molecule has 2 aliphatic rings. The van der Waals surface area contributed by atoms with Crippen LogP contribution in [0.4, 0.5) is 4.39 Å². The van der Waals surface area contributed by atoms with Gasteiger partial charge in [-0.1, -0.05) is 18.2 Å². The zero-order chi connectivity index (χ0) is 17.2. The number of amides is 1. The first-order valence-corrected chi connectivity index (χ1v) is 9.89. The van der Waals surface area contributed by atoms with Gasteiger partial charge < -0.3 is 9.80 Å². The molecule has 5 heteroatoms. The van der Waals surface area contributed by atoms with Gasteiger partial charge in [-0.05, 0) is 61.0 Å². The second-order valence-corrected chi connectivity index (χ2v) is 8.06. The summed E-state index contributed by atoms with van der Waals surface area (Å²) >= 11 is 1.50. The molecule has 4 rings (SSSR count). The number of thiophene rings is 1. The Balaban J connectivity index is 1.54. The molecule has 3 heterocycles. The Morgan fingerprint density at radius 2 is 1.88 bits per heavy atom. The van der Waals surface area contributed by atoms with Crippen LogP contribution in [0.15, 0.2) is 41.8 Å². The van der Waals surface area contributed by atoms with Crippen molar-refractivity contribution < 1.29 is 9.18 Å². The monoisotopic (exact) mass is 358 g/mol.